The van der Waals surface area contributed by atoms with Gasteiger partial charge >= 0.3 is 0 Å². The Hall–Kier alpha value is -2.44. The Morgan fingerprint density at radius 1 is 1.37 bits per heavy atom. The highest BCUT2D eigenvalue weighted by atomic mass is 16.4. The zero-order valence-corrected chi connectivity index (χ0v) is 10.8. The fraction of sp³-hybridized carbons (Fsp3) is 0.333. The zero-order valence-electron chi connectivity index (χ0n) is 10.8. The van der Waals surface area contributed by atoms with Gasteiger partial charge in [-0.25, -0.2) is 9.97 Å². The van der Waals surface area contributed by atoms with Gasteiger partial charge in [-0.05, 0) is 0 Å². The summed E-state index contributed by atoms with van der Waals surface area (Å²) in [6.45, 7) is 2.20. The second kappa shape index (κ2) is 5.94. The summed E-state index contributed by atoms with van der Waals surface area (Å²) < 4.78 is 5.39. The van der Waals surface area contributed by atoms with Crippen molar-refractivity contribution >= 4 is 11.7 Å². The van der Waals surface area contributed by atoms with Crippen LogP contribution in [0.1, 0.15) is 29.1 Å². The predicted molar refractivity (Wildman–Crippen MR) is 68.6 cm³/mol. The van der Waals surface area contributed by atoms with E-state index >= 15 is 0 Å². The van der Waals surface area contributed by atoms with Gasteiger partial charge in [0, 0.05) is 13.5 Å². The molecule has 0 unspecified atom stereocenters. The van der Waals surface area contributed by atoms with Gasteiger partial charge in [0.1, 0.15) is 17.3 Å². The maximum absolute atomic E-state index is 11.9. The number of amides is 1. The van der Waals surface area contributed by atoms with Crippen LogP contribution in [0.4, 0.5) is 5.82 Å². The molecule has 0 atom stereocenters. The van der Waals surface area contributed by atoms with Crippen molar-refractivity contribution < 1.29 is 9.21 Å². The minimum atomic E-state index is -0.319. The molecule has 0 aliphatic carbocycles. The zero-order chi connectivity index (χ0) is 13.7. The Bertz CT molecular complexity index is 567. The number of carbonyl (C=O) groups is 1. The van der Waals surface area contributed by atoms with Crippen LogP contribution in [0.25, 0.3) is 0 Å². The number of oxazole rings is 1. The average Bonchev–Trinajstić information content (AvgIpc) is 2.93. The highest BCUT2D eigenvalue weighted by molar-refractivity contribution is 5.92. The van der Waals surface area contributed by atoms with E-state index in [1.54, 1.807) is 19.4 Å². The van der Waals surface area contributed by atoms with Crippen LogP contribution in [-0.2, 0) is 13.0 Å². The molecule has 1 amide bonds. The van der Waals surface area contributed by atoms with E-state index in [2.05, 4.69) is 25.6 Å². The van der Waals surface area contributed by atoms with Crippen LogP contribution < -0.4 is 10.6 Å². The van der Waals surface area contributed by atoms with Crippen LogP contribution in [-0.4, -0.2) is 27.9 Å². The van der Waals surface area contributed by atoms with Crippen LogP contribution >= 0.6 is 0 Å². The Morgan fingerprint density at radius 2 is 2.21 bits per heavy atom. The number of rotatable bonds is 5. The molecule has 19 heavy (non-hydrogen) atoms. The molecule has 0 saturated carbocycles. The molecule has 0 spiro atoms. The van der Waals surface area contributed by atoms with Gasteiger partial charge in [0.05, 0.1) is 25.1 Å². The Labute approximate surface area is 110 Å². The molecule has 100 valence electrons. The first kappa shape index (κ1) is 13.0. The Morgan fingerprint density at radius 3 is 2.89 bits per heavy atom. The van der Waals surface area contributed by atoms with Crippen molar-refractivity contribution in [2.75, 3.05) is 12.4 Å². The highest BCUT2D eigenvalue weighted by Gasteiger charge is 2.10. The number of anilines is 1. The topological polar surface area (TPSA) is 92.9 Å². The molecule has 0 aliphatic heterocycles. The van der Waals surface area contributed by atoms with E-state index in [0.717, 1.165) is 12.2 Å². The van der Waals surface area contributed by atoms with Gasteiger partial charge in [-0.2, -0.15) is 0 Å². The smallest absolute Gasteiger partial charge is 0.272 e. The Kier molecular flexibility index (Phi) is 4.07. The van der Waals surface area contributed by atoms with Crippen LogP contribution in [0.2, 0.25) is 0 Å². The third kappa shape index (κ3) is 3.27. The van der Waals surface area contributed by atoms with Crippen LogP contribution in [0, 0.1) is 0 Å². The summed E-state index contributed by atoms with van der Waals surface area (Å²) in [5.41, 5.74) is 0.245. The molecule has 7 nitrogen and oxygen atoms in total. The van der Waals surface area contributed by atoms with Crippen LogP contribution in [0.3, 0.4) is 0 Å². The highest BCUT2D eigenvalue weighted by Crippen LogP contribution is 2.05. The van der Waals surface area contributed by atoms with Crippen molar-refractivity contribution in [2.24, 2.45) is 0 Å². The number of aromatic nitrogens is 3. The second-order valence-corrected chi connectivity index (χ2v) is 3.80. The molecule has 0 bridgehead atoms. The largest absolute Gasteiger partial charge is 0.444 e. The van der Waals surface area contributed by atoms with Gasteiger partial charge in [0.25, 0.3) is 5.91 Å². The van der Waals surface area contributed by atoms with Gasteiger partial charge < -0.3 is 15.1 Å². The minimum Gasteiger partial charge on any atom is -0.444 e. The van der Waals surface area contributed by atoms with Crippen LogP contribution in [0.15, 0.2) is 23.0 Å². The molecular formula is C12H15N5O2. The van der Waals surface area contributed by atoms with Crippen LogP contribution in [0.5, 0.6) is 0 Å². The summed E-state index contributed by atoms with van der Waals surface area (Å²) >= 11 is 0. The van der Waals surface area contributed by atoms with Crippen molar-refractivity contribution in [1.82, 2.24) is 20.3 Å². The predicted octanol–water partition coefficient (Wildman–Crippen LogP) is 0.999. The summed E-state index contributed by atoms with van der Waals surface area (Å²) in [4.78, 5) is 23.9. The van der Waals surface area contributed by atoms with Crippen molar-refractivity contribution in [3.8, 4) is 0 Å². The standard InChI is InChI=1S/C12H15N5O2/c1-3-8-4-15-11(19-8)7-16-12(18)9-5-14-6-10(13-2)17-9/h4-6H,3,7H2,1-2H3,(H,13,17)(H,16,18). The van der Waals surface area contributed by atoms with E-state index in [1.165, 1.54) is 6.20 Å². The van der Waals surface area contributed by atoms with E-state index < -0.39 is 0 Å². The minimum absolute atomic E-state index is 0.226. The average molecular weight is 261 g/mol. The first-order valence-electron chi connectivity index (χ1n) is 5.94. The molecular weight excluding hydrogens is 246 g/mol. The number of nitrogens with zero attached hydrogens (tertiary/aromatic N) is 3. The summed E-state index contributed by atoms with van der Waals surface area (Å²) in [7, 11) is 1.71. The summed E-state index contributed by atoms with van der Waals surface area (Å²) in [5, 5.41) is 5.50. The SMILES string of the molecule is CCc1cnc(CNC(=O)c2cncc(NC)n2)o1. The van der Waals surface area contributed by atoms with Gasteiger partial charge in [-0.3, -0.25) is 9.78 Å². The lowest BCUT2D eigenvalue weighted by Gasteiger charge is -2.03. The monoisotopic (exact) mass is 261 g/mol. The van der Waals surface area contributed by atoms with Gasteiger partial charge in [0.2, 0.25) is 5.89 Å². The normalized spacial score (nSPS) is 10.2. The van der Waals surface area contributed by atoms with Crippen molar-refractivity contribution in [3.63, 3.8) is 0 Å². The fourth-order valence-corrected chi connectivity index (χ4v) is 1.44. The molecule has 0 aliphatic rings. The third-order valence-electron chi connectivity index (χ3n) is 2.47. The molecule has 2 rings (SSSR count). The molecule has 0 aromatic carbocycles. The first-order valence-corrected chi connectivity index (χ1v) is 5.94. The number of nitrogens with one attached hydrogen (secondary N) is 2. The van der Waals surface area contributed by atoms with Crippen molar-refractivity contribution in [3.05, 3.63) is 35.9 Å². The lowest BCUT2D eigenvalue weighted by atomic mass is 10.4. The Balaban J connectivity index is 1.96. The maximum atomic E-state index is 11.9. The molecule has 0 radical (unpaired) electrons. The lowest BCUT2D eigenvalue weighted by Crippen LogP contribution is -2.24. The molecule has 7 heteroatoms. The van der Waals surface area contributed by atoms with E-state index in [9.17, 15) is 4.79 Å². The summed E-state index contributed by atoms with van der Waals surface area (Å²) in [6, 6.07) is 0. The van der Waals surface area contributed by atoms with E-state index in [0.29, 0.717) is 11.7 Å². The molecule has 0 saturated heterocycles. The number of carbonyl (C=O) groups excluding carboxylic acids is 1. The summed E-state index contributed by atoms with van der Waals surface area (Å²) in [6.07, 6.45) is 5.38. The van der Waals surface area contributed by atoms with Crippen molar-refractivity contribution in [2.45, 2.75) is 19.9 Å². The molecule has 2 heterocycles. The van der Waals surface area contributed by atoms with Crippen molar-refractivity contribution in [1.29, 1.82) is 0 Å². The van der Waals surface area contributed by atoms with Gasteiger partial charge in [-0.15, -0.1) is 0 Å². The maximum Gasteiger partial charge on any atom is 0.272 e. The quantitative estimate of drug-likeness (QED) is 0.834. The number of hydrogen-bond donors (Lipinski definition) is 2. The van der Waals surface area contributed by atoms with E-state index in [-0.39, 0.29) is 18.1 Å². The first-order chi connectivity index (χ1) is 9.22. The fourth-order valence-electron chi connectivity index (χ4n) is 1.44. The van der Waals surface area contributed by atoms with E-state index in [1.807, 2.05) is 6.92 Å². The molecule has 2 aromatic heterocycles. The molecule has 2 aromatic rings. The summed E-state index contributed by atoms with van der Waals surface area (Å²) in [5.74, 6) is 1.49. The molecule has 2 N–H and O–H groups in total. The number of aryl methyl sites for hydroxylation is 1. The lowest BCUT2D eigenvalue weighted by molar-refractivity contribution is 0.0942. The van der Waals surface area contributed by atoms with Gasteiger partial charge in [-0.1, -0.05) is 6.92 Å². The van der Waals surface area contributed by atoms with E-state index in [4.69, 9.17) is 4.42 Å². The third-order valence-corrected chi connectivity index (χ3v) is 2.47. The number of hydrogen-bond acceptors (Lipinski definition) is 6. The molecule has 0 fully saturated rings. The van der Waals surface area contributed by atoms with Gasteiger partial charge in [0.15, 0.2) is 0 Å². The second-order valence-electron chi connectivity index (χ2n) is 3.80.